The van der Waals surface area contributed by atoms with E-state index in [2.05, 4.69) is 24.1 Å². The van der Waals surface area contributed by atoms with Crippen LogP contribution in [0, 0.1) is 11.3 Å². The molecule has 2 aliphatic rings. The number of benzene rings is 1. The van der Waals surface area contributed by atoms with Crippen molar-refractivity contribution in [3.8, 4) is 0 Å². The third-order valence-electron chi connectivity index (χ3n) is 6.75. The predicted octanol–water partition coefficient (Wildman–Crippen LogP) is 2.17. The van der Waals surface area contributed by atoms with Gasteiger partial charge in [-0.15, -0.1) is 0 Å². The predicted molar refractivity (Wildman–Crippen MR) is 133 cm³/mol. The molecule has 0 aromatic heterocycles. The lowest BCUT2D eigenvalue weighted by molar-refractivity contribution is -0.139. The Morgan fingerprint density at radius 1 is 1.03 bits per heavy atom. The average Bonchev–Trinajstić information content (AvgIpc) is 2.82. The van der Waals surface area contributed by atoms with Crippen LogP contribution in [0.15, 0.2) is 35.2 Å². The SMILES string of the molecule is CN(C)CC(C)(C)CNC(=O)C1CCN(C(=O)C2CCCCN2S(=O)(=O)c2ccccc2)CC1. The van der Waals surface area contributed by atoms with Crippen molar-refractivity contribution >= 4 is 21.8 Å². The lowest BCUT2D eigenvalue weighted by atomic mass is 9.91. The van der Waals surface area contributed by atoms with Gasteiger partial charge < -0.3 is 15.1 Å². The number of hydrogen-bond acceptors (Lipinski definition) is 5. The molecule has 1 N–H and O–H groups in total. The highest BCUT2D eigenvalue weighted by Crippen LogP contribution is 2.28. The van der Waals surface area contributed by atoms with Gasteiger partial charge in [-0.2, -0.15) is 4.31 Å². The van der Waals surface area contributed by atoms with Crippen LogP contribution in [0.3, 0.4) is 0 Å². The van der Waals surface area contributed by atoms with Crippen molar-refractivity contribution in [3.63, 3.8) is 0 Å². The Labute approximate surface area is 204 Å². The molecule has 1 aromatic rings. The van der Waals surface area contributed by atoms with Gasteiger partial charge >= 0.3 is 0 Å². The van der Waals surface area contributed by atoms with Crippen LogP contribution < -0.4 is 5.32 Å². The van der Waals surface area contributed by atoms with E-state index in [9.17, 15) is 18.0 Å². The first kappa shape index (κ1) is 26.6. The van der Waals surface area contributed by atoms with Gasteiger partial charge in [0.05, 0.1) is 4.90 Å². The van der Waals surface area contributed by atoms with Crippen molar-refractivity contribution in [1.82, 2.24) is 19.4 Å². The maximum Gasteiger partial charge on any atom is 0.243 e. The minimum atomic E-state index is -3.73. The standard InChI is InChI=1S/C25H40N4O4S/c1-25(2,19-27(3)4)18-26-23(30)20-13-16-28(17-14-20)24(31)22-12-8-9-15-29(22)34(32,33)21-10-6-5-7-11-21/h5-7,10-11,20,22H,8-9,12-19H2,1-4H3,(H,26,30). The Morgan fingerprint density at radius 2 is 1.68 bits per heavy atom. The minimum absolute atomic E-state index is 0.0233. The normalized spacial score (nSPS) is 21.0. The second kappa shape index (κ2) is 11.2. The molecular weight excluding hydrogens is 452 g/mol. The van der Waals surface area contributed by atoms with Crippen LogP contribution in [0.5, 0.6) is 0 Å². The van der Waals surface area contributed by atoms with Crippen LogP contribution in [0.4, 0.5) is 0 Å². The van der Waals surface area contributed by atoms with Crippen molar-refractivity contribution in [2.24, 2.45) is 11.3 Å². The first-order valence-corrected chi connectivity index (χ1v) is 13.7. The molecule has 0 spiro atoms. The zero-order chi connectivity index (χ0) is 24.9. The zero-order valence-electron chi connectivity index (χ0n) is 21.0. The molecule has 3 rings (SSSR count). The lowest BCUT2D eigenvalue weighted by Crippen LogP contribution is -2.55. The fourth-order valence-electron chi connectivity index (χ4n) is 5.12. The molecule has 0 aliphatic carbocycles. The van der Waals surface area contributed by atoms with Crippen LogP contribution in [-0.4, -0.2) is 87.2 Å². The van der Waals surface area contributed by atoms with E-state index in [1.165, 1.54) is 4.31 Å². The van der Waals surface area contributed by atoms with Crippen molar-refractivity contribution in [2.45, 2.75) is 56.9 Å². The van der Waals surface area contributed by atoms with Crippen molar-refractivity contribution in [2.75, 3.05) is 46.8 Å². The Hall–Kier alpha value is -1.97. The molecule has 0 saturated carbocycles. The molecule has 8 nitrogen and oxygen atoms in total. The Bertz CT molecular complexity index is 941. The molecule has 190 valence electrons. The van der Waals surface area contributed by atoms with E-state index in [0.29, 0.717) is 45.4 Å². The average molecular weight is 493 g/mol. The highest BCUT2D eigenvalue weighted by Gasteiger charge is 2.40. The summed E-state index contributed by atoms with van der Waals surface area (Å²) < 4.78 is 27.9. The van der Waals surface area contributed by atoms with Crippen LogP contribution in [-0.2, 0) is 19.6 Å². The molecular formula is C25H40N4O4S. The smallest absolute Gasteiger partial charge is 0.243 e. The Balaban J connectivity index is 1.58. The summed E-state index contributed by atoms with van der Waals surface area (Å²) in [6, 6.07) is 7.67. The number of sulfonamides is 1. The van der Waals surface area contributed by atoms with Crippen molar-refractivity contribution < 1.29 is 18.0 Å². The number of carbonyl (C=O) groups excluding carboxylic acids is 2. The van der Waals surface area contributed by atoms with Gasteiger partial charge in [0.15, 0.2) is 0 Å². The van der Waals surface area contributed by atoms with Gasteiger partial charge in [-0.3, -0.25) is 9.59 Å². The van der Waals surface area contributed by atoms with Crippen LogP contribution in [0.25, 0.3) is 0 Å². The summed E-state index contributed by atoms with van der Waals surface area (Å²) >= 11 is 0. The second-order valence-corrected chi connectivity index (χ2v) is 12.6. The summed E-state index contributed by atoms with van der Waals surface area (Å²) in [4.78, 5) is 30.2. The van der Waals surface area contributed by atoms with Crippen LogP contribution in [0.2, 0.25) is 0 Å². The fourth-order valence-corrected chi connectivity index (χ4v) is 6.79. The summed E-state index contributed by atoms with van der Waals surface area (Å²) in [5.41, 5.74) is -0.0233. The van der Waals surface area contributed by atoms with Gasteiger partial charge in [0.25, 0.3) is 0 Å². The number of rotatable bonds is 8. The largest absolute Gasteiger partial charge is 0.355 e. The van der Waals surface area contributed by atoms with E-state index in [4.69, 9.17) is 0 Å². The van der Waals surface area contributed by atoms with E-state index < -0.39 is 16.1 Å². The van der Waals surface area contributed by atoms with Crippen molar-refractivity contribution in [1.29, 1.82) is 0 Å². The van der Waals surface area contributed by atoms with Gasteiger partial charge in [-0.05, 0) is 57.3 Å². The summed E-state index contributed by atoms with van der Waals surface area (Å²) in [6.45, 7) is 7.07. The molecule has 0 bridgehead atoms. The highest BCUT2D eigenvalue weighted by molar-refractivity contribution is 7.89. The fraction of sp³-hybridized carbons (Fsp3) is 0.680. The second-order valence-electron chi connectivity index (χ2n) is 10.7. The van der Waals surface area contributed by atoms with Gasteiger partial charge in [0.2, 0.25) is 21.8 Å². The molecule has 1 unspecified atom stereocenters. The van der Waals surface area contributed by atoms with E-state index in [0.717, 1.165) is 19.4 Å². The zero-order valence-corrected chi connectivity index (χ0v) is 21.8. The lowest BCUT2D eigenvalue weighted by Gasteiger charge is -2.39. The number of amides is 2. The van der Waals surface area contributed by atoms with Gasteiger partial charge in [-0.25, -0.2) is 8.42 Å². The summed E-state index contributed by atoms with van der Waals surface area (Å²) in [5.74, 6) is -0.204. The molecule has 2 fully saturated rings. The molecule has 34 heavy (non-hydrogen) atoms. The number of nitrogens with one attached hydrogen (secondary N) is 1. The number of likely N-dealkylation sites (tertiary alicyclic amines) is 1. The number of nitrogens with zero attached hydrogens (tertiary/aromatic N) is 3. The first-order chi connectivity index (χ1) is 16.0. The Kier molecular flexibility index (Phi) is 8.76. The van der Waals surface area contributed by atoms with E-state index in [-0.39, 0.29) is 28.0 Å². The third-order valence-corrected chi connectivity index (χ3v) is 8.67. The maximum atomic E-state index is 13.4. The van der Waals surface area contributed by atoms with Gasteiger partial charge in [0, 0.05) is 38.6 Å². The van der Waals surface area contributed by atoms with Crippen LogP contribution >= 0.6 is 0 Å². The van der Waals surface area contributed by atoms with Crippen LogP contribution in [0.1, 0.15) is 46.0 Å². The monoisotopic (exact) mass is 492 g/mol. The molecule has 2 aliphatic heterocycles. The van der Waals surface area contributed by atoms with E-state index in [1.807, 2.05) is 14.1 Å². The molecule has 0 radical (unpaired) electrons. The number of hydrogen-bond donors (Lipinski definition) is 1. The number of carbonyl (C=O) groups is 2. The van der Waals surface area contributed by atoms with Crippen molar-refractivity contribution in [3.05, 3.63) is 30.3 Å². The number of piperidine rings is 2. The van der Waals surface area contributed by atoms with Gasteiger partial charge in [0.1, 0.15) is 6.04 Å². The molecule has 2 heterocycles. The molecule has 1 atom stereocenters. The van der Waals surface area contributed by atoms with E-state index >= 15 is 0 Å². The summed E-state index contributed by atoms with van der Waals surface area (Å²) in [6.07, 6.45) is 3.32. The third kappa shape index (κ3) is 6.58. The first-order valence-electron chi connectivity index (χ1n) is 12.3. The summed E-state index contributed by atoms with van der Waals surface area (Å²) in [7, 11) is 0.314. The van der Waals surface area contributed by atoms with Gasteiger partial charge in [-0.1, -0.05) is 38.5 Å². The summed E-state index contributed by atoms with van der Waals surface area (Å²) in [5, 5.41) is 3.09. The molecule has 2 amide bonds. The molecule has 2 saturated heterocycles. The molecule has 9 heteroatoms. The minimum Gasteiger partial charge on any atom is -0.355 e. The topological polar surface area (TPSA) is 90.0 Å². The maximum absolute atomic E-state index is 13.4. The highest BCUT2D eigenvalue weighted by atomic mass is 32.2. The van der Waals surface area contributed by atoms with E-state index in [1.54, 1.807) is 35.2 Å². The quantitative estimate of drug-likeness (QED) is 0.601. The molecule has 1 aromatic carbocycles. The Morgan fingerprint density at radius 3 is 2.29 bits per heavy atom.